The van der Waals surface area contributed by atoms with Crippen molar-refractivity contribution in [3.05, 3.63) is 36.9 Å². The molecule has 6 nitrogen and oxygen atoms in total. The minimum atomic E-state index is -0.405. The number of nitrogens with zero attached hydrogens (tertiary/aromatic N) is 3. The van der Waals surface area contributed by atoms with Gasteiger partial charge in [0.2, 0.25) is 11.9 Å². The molecule has 0 aromatic heterocycles. The Bertz CT molecular complexity index is 629. The largest absolute Gasteiger partial charge is 0.490 e. The van der Waals surface area contributed by atoms with Gasteiger partial charge in [0.15, 0.2) is 0 Å². The van der Waals surface area contributed by atoms with Crippen LogP contribution in [0.25, 0.3) is 0 Å². The fourth-order valence-electron chi connectivity index (χ4n) is 3.34. The van der Waals surface area contributed by atoms with Crippen LogP contribution >= 0.6 is 0 Å². The summed E-state index contributed by atoms with van der Waals surface area (Å²) in [6.45, 7) is 4.13. The topological polar surface area (TPSA) is 89.2 Å². The Morgan fingerprint density at radius 2 is 1.87 bits per heavy atom. The maximum atomic E-state index is 6.20. The second-order valence-corrected chi connectivity index (χ2v) is 5.91. The summed E-state index contributed by atoms with van der Waals surface area (Å²) in [6.07, 6.45) is 7.02. The highest BCUT2D eigenvalue weighted by Crippen LogP contribution is 2.39. The van der Waals surface area contributed by atoms with E-state index >= 15 is 0 Å². The van der Waals surface area contributed by atoms with Crippen LogP contribution in [0.15, 0.2) is 46.9 Å². The normalized spacial score (nSPS) is 19.9. The van der Waals surface area contributed by atoms with Gasteiger partial charge in [-0.25, -0.2) is 4.99 Å². The molecule has 1 aromatic carbocycles. The van der Waals surface area contributed by atoms with Gasteiger partial charge in [-0.3, -0.25) is 4.90 Å². The summed E-state index contributed by atoms with van der Waals surface area (Å²) in [5.74, 6) is 1.47. The second kappa shape index (κ2) is 6.32. The number of rotatable bonds is 4. The molecule has 1 aliphatic carbocycles. The molecular weight excluding hydrogens is 290 g/mol. The zero-order valence-electron chi connectivity index (χ0n) is 13.2. The van der Waals surface area contributed by atoms with Crippen LogP contribution in [0.4, 0.5) is 5.69 Å². The first-order valence-corrected chi connectivity index (χ1v) is 7.98. The van der Waals surface area contributed by atoms with Gasteiger partial charge >= 0.3 is 0 Å². The average Bonchev–Trinajstić information content (AvgIpc) is 2.54. The van der Waals surface area contributed by atoms with Crippen molar-refractivity contribution in [1.29, 1.82) is 0 Å². The number of ether oxygens (including phenoxy) is 1. The Balaban J connectivity index is 1.92. The number of nitrogens with two attached hydrogens (primary N) is 2. The van der Waals surface area contributed by atoms with Crippen molar-refractivity contribution in [1.82, 2.24) is 0 Å². The summed E-state index contributed by atoms with van der Waals surface area (Å²) in [4.78, 5) is 10.8. The van der Waals surface area contributed by atoms with E-state index in [0.29, 0.717) is 12.6 Å². The molecule has 0 radical (unpaired) electrons. The lowest BCUT2D eigenvalue weighted by Crippen LogP contribution is -2.58. The monoisotopic (exact) mass is 313 g/mol. The van der Waals surface area contributed by atoms with Gasteiger partial charge in [0.05, 0.1) is 0 Å². The molecule has 0 unspecified atom stereocenters. The minimum absolute atomic E-state index is 0.270. The molecule has 1 spiro atoms. The van der Waals surface area contributed by atoms with E-state index in [1.165, 1.54) is 6.42 Å². The van der Waals surface area contributed by atoms with Crippen molar-refractivity contribution in [2.75, 3.05) is 11.5 Å². The van der Waals surface area contributed by atoms with E-state index < -0.39 is 5.66 Å². The van der Waals surface area contributed by atoms with Crippen molar-refractivity contribution in [3.63, 3.8) is 0 Å². The van der Waals surface area contributed by atoms with Gasteiger partial charge in [0, 0.05) is 5.69 Å². The maximum absolute atomic E-state index is 6.20. The Labute approximate surface area is 136 Å². The standard InChI is InChI=1S/C17H23N5O/c1-2-12-23-14-8-6-13(7-9-14)22-16(19)20-15(18)21-17(22)10-4-3-5-11-17/h2,6-9H,1,3-5,10-12H2,(H4,18,19,20,21). The van der Waals surface area contributed by atoms with E-state index in [1.54, 1.807) is 6.08 Å². The lowest BCUT2D eigenvalue weighted by Gasteiger charge is -2.45. The lowest BCUT2D eigenvalue weighted by molar-refractivity contribution is 0.305. The van der Waals surface area contributed by atoms with Gasteiger partial charge in [-0.15, -0.1) is 0 Å². The summed E-state index contributed by atoms with van der Waals surface area (Å²) in [5, 5.41) is 0. The molecule has 1 aliphatic heterocycles. The quantitative estimate of drug-likeness (QED) is 0.835. The number of anilines is 1. The maximum Gasteiger partial charge on any atom is 0.220 e. The molecule has 4 N–H and O–H groups in total. The van der Waals surface area contributed by atoms with Crippen LogP contribution in [-0.2, 0) is 0 Å². The Morgan fingerprint density at radius 3 is 2.52 bits per heavy atom. The molecule has 23 heavy (non-hydrogen) atoms. The number of benzene rings is 1. The van der Waals surface area contributed by atoms with Crippen LogP contribution in [0.1, 0.15) is 32.1 Å². The van der Waals surface area contributed by atoms with Crippen molar-refractivity contribution in [2.45, 2.75) is 37.8 Å². The lowest BCUT2D eigenvalue weighted by atomic mass is 9.87. The van der Waals surface area contributed by atoms with E-state index in [-0.39, 0.29) is 5.96 Å². The molecule has 1 fully saturated rings. The fourth-order valence-corrected chi connectivity index (χ4v) is 3.34. The number of hydrogen-bond donors (Lipinski definition) is 2. The third-order valence-electron chi connectivity index (χ3n) is 4.31. The molecule has 0 bridgehead atoms. The number of aliphatic imine (C=N–C) groups is 2. The van der Waals surface area contributed by atoms with Crippen molar-refractivity contribution in [3.8, 4) is 5.75 Å². The molecule has 0 saturated heterocycles. The summed E-state index contributed by atoms with van der Waals surface area (Å²) < 4.78 is 5.53. The molecule has 122 valence electrons. The van der Waals surface area contributed by atoms with Gasteiger partial charge in [-0.1, -0.05) is 19.1 Å². The first kappa shape index (κ1) is 15.4. The van der Waals surface area contributed by atoms with E-state index in [0.717, 1.165) is 37.1 Å². The van der Waals surface area contributed by atoms with Crippen LogP contribution in [0.3, 0.4) is 0 Å². The zero-order chi connectivity index (χ0) is 16.3. The van der Waals surface area contributed by atoms with E-state index in [1.807, 2.05) is 29.2 Å². The average molecular weight is 313 g/mol. The SMILES string of the molecule is C=CCOc1ccc(N2C(N)=NC(N)=NC23CCCCC3)cc1. The third-order valence-corrected chi connectivity index (χ3v) is 4.31. The van der Waals surface area contributed by atoms with Crippen LogP contribution in [0, 0.1) is 0 Å². The highest BCUT2D eigenvalue weighted by Gasteiger charge is 2.42. The number of guanidine groups is 2. The number of hydrogen-bond acceptors (Lipinski definition) is 6. The van der Waals surface area contributed by atoms with E-state index in [9.17, 15) is 0 Å². The van der Waals surface area contributed by atoms with Gasteiger partial charge in [0.1, 0.15) is 18.0 Å². The zero-order valence-corrected chi connectivity index (χ0v) is 13.2. The minimum Gasteiger partial charge on any atom is -0.490 e. The fraction of sp³-hybridized carbons (Fsp3) is 0.412. The van der Waals surface area contributed by atoms with Crippen LogP contribution < -0.4 is 21.1 Å². The van der Waals surface area contributed by atoms with Gasteiger partial charge in [0.25, 0.3) is 0 Å². The van der Waals surface area contributed by atoms with Crippen molar-refractivity contribution < 1.29 is 4.74 Å². The van der Waals surface area contributed by atoms with E-state index in [4.69, 9.17) is 16.2 Å². The van der Waals surface area contributed by atoms with Crippen LogP contribution in [0.5, 0.6) is 5.75 Å². The second-order valence-electron chi connectivity index (χ2n) is 5.91. The molecule has 1 aromatic rings. The summed E-state index contributed by atoms with van der Waals surface area (Å²) in [7, 11) is 0. The van der Waals surface area contributed by atoms with Gasteiger partial charge in [-0.2, -0.15) is 4.99 Å². The first-order valence-electron chi connectivity index (χ1n) is 7.98. The Morgan fingerprint density at radius 1 is 1.17 bits per heavy atom. The molecular formula is C17H23N5O. The Hall–Kier alpha value is -2.50. The van der Waals surface area contributed by atoms with Crippen LogP contribution in [0.2, 0.25) is 0 Å². The smallest absolute Gasteiger partial charge is 0.220 e. The third kappa shape index (κ3) is 3.02. The summed E-state index contributed by atoms with van der Waals surface area (Å²) in [6, 6.07) is 7.80. The molecule has 1 saturated carbocycles. The summed E-state index contributed by atoms with van der Waals surface area (Å²) in [5.41, 5.74) is 12.6. The van der Waals surface area contributed by atoms with Gasteiger partial charge < -0.3 is 16.2 Å². The van der Waals surface area contributed by atoms with Crippen LogP contribution in [-0.4, -0.2) is 24.2 Å². The van der Waals surface area contributed by atoms with Gasteiger partial charge in [-0.05, 0) is 49.9 Å². The van der Waals surface area contributed by atoms with Crippen molar-refractivity contribution >= 4 is 17.6 Å². The highest BCUT2D eigenvalue weighted by molar-refractivity contribution is 6.05. The summed E-state index contributed by atoms with van der Waals surface area (Å²) >= 11 is 0. The molecule has 0 amide bonds. The molecule has 1 heterocycles. The predicted octanol–water partition coefficient (Wildman–Crippen LogP) is 2.36. The Kier molecular flexibility index (Phi) is 4.23. The van der Waals surface area contributed by atoms with E-state index in [2.05, 4.69) is 16.6 Å². The predicted molar refractivity (Wildman–Crippen MR) is 93.7 cm³/mol. The van der Waals surface area contributed by atoms with Crippen molar-refractivity contribution in [2.24, 2.45) is 21.5 Å². The molecule has 3 rings (SSSR count). The first-order chi connectivity index (χ1) is 11.1. The molecule has 0 atom stereocenters. The molecule has 2 aliphatic rings. The molecule has 6 heteroatoms. The highest BCUT2D eigenvalue weighted by atomic mass is 16.5.